The maximum atomic E-state index is 12.4. The molecule has 0 aliphatic carbocycles. The van der Waals surface area contributed by atoms with Gasteiger partial charge in [0.1, 0.15) is 13.2 Å². The second kappa shape index (κ2) is 6.68. The monoisotopic (exact) mass is 300 g/mol. The van der Waals surface area contributed by atoms with Crippen molar-refractivity contribution in [2.45, 2.75) is 12.6 Å². The maximum Gasteiger partial charge on any atom is 0.405 e. The Hall–Kier alpha value is -1.94. The van der Waals surface area contributed by atoms with Gasteiger partial charge in [-0.2, -0.15) is 18.4 Å². The first-order chi connectivity index (χ1) is 10.0. The van der Waals surface area contributed by atoms with Crippen molar-refractivity contribution in [2.24, 2.45) is 5.92 Å². The lowest BCUT2D eigenvalue weighted by Crippen LogP contribution is -2.33. The fourth-order valence-electron chi connectivity index (χ4n) is 1.96. The number of ether oxygens (including phenoxy) is 2. The highest BCUT2D eigenvalue weighted by Gasteiger charge is 2.39. The van der Waals surface area contributed by atoms with Gasteiger partial charge in [0.15, 0.2) is 17.4 Å². The van der Waals surface area contributed by atoms with Gasteiger partial charge in [0.25, 0.3) is 0 Å². The van der Waals surface area contributed by atoms with E-state index in [9.17, 15) is 13.2 Å². The summed E-state index contributed by atoms with van der Waals surface area (Å²) >= 11 is 0. The summed E-state index contributed by atoms with van der Waals surface area (Å²) in [5.74, 6) is -0.638. The molecular formula is C14H15F3N2O2. The highest BCUT2D eigenvalue weighted by molar-refractivity contribution is 5.43. The summed E-state index contributed by atoms with van der Waals surface area (Å²) in [6.45, 7) is 0.962. The molecule has 1 aliphatic rings. The van der Waals surface area contributed by atoms with E-state index in [4.69, 9.17) is 14.7 Å². The molecule has 1 aromatic rings. The Kier molecular flexibility index (Phi) is 4.91. The van der Waals surface area contributed by atoms with Gasteiger partial charge in [0.2, 0.25) is 0 Å². The van der Waals surface area contributed by atoms with Crippen LogP contribution in [-0.4, -0.2) is 32.5 Å². The summed E-state index contributed by atoms with van der Waals surface area (Å²) in [7, 11) is 0. The topological polar surface area (TPSA) is 54.3 Å². The molecule has 0 saturated heterocycles. The number of fused-ring (bicyclic) bond motifs is 1. The lowest BCUT2D eigenvalue weighted by atomic mass is 10.1. The van der Waals surface area contributed by atoms with E-state index in [1.54, 1.807) is 6.07 Å². The first-order valence-corrected chi connectivity index (χ1v) is 6.56. The molecule has 7 heteroatoms. The number of nitrogens with one attached hydrogen (secondary N) is 1. The van der Waals surface area contributed by atoms with Crippen molar-refractivity contribution >= 4 is 0 Å². The van der Waals surface area contributed by atoms with Crippen LogP contribution in [0.5, 0.6) is 11.5 Å². The average Bonchev–Trinajstić information content (AvgIpc) is 2.45. The molecule has 1 N–H and O–H groups in total. The summed E-state index contributed by atoms with van der Waals surface area (Å²) in [6.07, 6.45) is -3.94. The minimum absolute atomic E-state index is 0.355. The molecule has 1 unspecified atom stereocenters. The predicted octanol–water partition coefficient (Wildman–Crippen LogP) is 2.29. The van der Waals surface area contributed by atoms with E-state index in [2.05, 4.69) is 5.32 Å². The summed E-state index contributed by atoms with van der Waals surface area (Å²) in [4.78, 5) is 0. The van der Waals surface area contributed by atoms with Crippen LogP contribution in [0.2, 0.25) is 0 Å². The lowest BCUT2D eigenvalue weighted by Gasteiger charge is -2.19. The van der Waals surface area contributed by atoms with Gasteiger partial charge < -0.3 is 14.8 Å². The second-order valence-electron chi connectivity index (χ2n) is 4.66. The summed E-state index contributed by atoms with van der Waals surface area (Å²) in [5.41, 5.74) is 0.937. The van der Waals surface area contributed by atoms with Crippen molar-refractivity contribution < 1.29 is 22.6 Å². The third-order valence-electron chi connectivity index (χ3n) is 3.10. The molecule has 114 valence electrons. The van der Waals surface area contributed by atoms with Crippen LogP contribution in [0.25, 0.3) is 0 Å². The average molecular weight is 300 g/mol. The molecule has 0 spiro atoms. The molecule has 4 nitrogen and oxygen atoms in total. The normalized spacial score (nSPS) is 15.3. The number of hydrogen-bond acceptors (Lipinski definition) is 4. The maximum absolute atomic E-state index is 12.4. The number of rotatable bonds is 5. The van der Waals surface area contributed by atoms with E-state index >= 15 is 0 Å². The van der Waals surface area contributed by atoms with Gasteiger partial charge in [0.05, 0.1) is 6.07 Å². The number of halogens is 3. The van der Waals surface area contributed by atoms with Crippen LogP contribution in [0.15, 0.2) is 18.2 Å². The van der Waals surface area contributed by atoms with Crippen molar-refractivity contribution in [3.8, 4) is 17.6 Å². The molecule has 1 atom stereocenters. The number of nitriles is 1. The van der Waals surface area contributed by atoms with Crippen molar-refractivity contribution in [3.63, 3.8) is 0 Å². The Bertz CT molecular complexity index is 526. The van der Waals surface area contributed by atoms with E-state index in [0.29, 0.717) is 37.7 Å². The molecule has 0 aromatic heterocycles. The number of nitrogens with zero attached hydrogens (tertiary/aromatic N) is 1. The fourth-order valence-corrected chi connectivity index (χ4v) is 1.96. The third kappa shape index (κ3) is 4.26. The van der Waals surface area contributed by atoms with Crippen molar-refractivity contribution in [2.75, 3.05) is 26.3 Å². The first-order valence-electron chi connectivity index (χ1n) is 6.56. The fraction of sp³-hybridized carbons (Fsp3) is 0.500. The summed E-state index contributed by atoms with van der Waals surface area (Å²) in [6, 6.07) is 6.72. The van der Waals surface area contributed by atoms with Crippen LogP contribution in [0, 0.1) is 17.2 Å². The predicted molar refractivity (Wildman–Crippen MR) is 69.2 cm³/mol. The minimum atomic E-state index is -4.49. The lowest BCUT2D eigenvalue weighted by molar-refractivity contribution is -0.157. The first kappa shape index (κ1) is 15.4. The largest absolute Gasteiger partial charge is 0.486 e. The molecule has 0 fully saturated rings. The third-order valence-corrected chi connectivity index (χ3v) is 3.10. The van der Waals surface area contributed by atoms with Crippen molar-refractivity contribution in [1.29, 1.82) is 5.26 Å². The minimum Gasteiger partial charge on any atom is -0.486 e. The van der Waals surface area contributed by atoms with E-state index in [0.717, 1.165) is 5.56 Å². The van der Waals surface area contributed by atoms with Gasteiger partial charge in [-0.25, -0.2) is 0 Å². The van der Waals surface area contributed by atoms with Crippen LogP contribution in [0.4, 0.5) is 13.2 Å². The standard InChI is InChI=1S/C14H15F3N2O2/c15-14(16,17)11(8-18)9-19-4-3-10-1-2-12-13(7-10)21-6-5-20-12/h1-2,7,11,19H,3-6,9H2. The zero-order chi connectivity index (χ0) is 15.3. The summed E-state index contributed by atoms with van der Waals surface area (Å²) in [5, 5.41) is 11.1. The van der Waals surface area contributed by atoms with E-state index in [-0.39, 0.29) is 0 Å². The van der Waals surface area contributed by atoms with Gasteiger partial charge in [0, 0.05) is 6.54 Å². The second-order valence-corrected chi connectivity index (χ2v) is 4.66. The van der Waals surface area contributed by atoms with Gasteiger partial charge in [-0.15, -0.1) is 0 Å². The van der Waals surface area contributed by atoms with Gasteiger partial charge in [-0.3, -0.25) is 0 Å². The highest BCUT2D eigenvalue weighted by Crippen LogP contribution is 2.30. The van der Waals surface area contributed by atoms with Crippen LogP contribution in [-0.2, 0) is 6.42 Å². The summed E-state index contributed by atoms with van der Waals surface area (Å²) < 4.78 is 47.9. The molecule has 0 bridgehead atoms. The molecule has 0 amide bonds. The molecule has 1 aliphatic heterocycles. The van der Waals surface area contributed by atoms with E-state index < -0.39 is 18.6 Å². The molecule has 1 heterocycles. The number of alkyl halides is 3. The van der Waals surface area contributed by atoms with Crippen LogP contribution in [0.3, 0.4) is 0 Å². The number of hydrogen-bond donors (Lipinski definition) is 1. The Labute approximate surface area is 120 Å². The Balaban J connectivity index is 1.80. The van der Waals surface area contributed by atoms with E-state index in [1.165, 1.54) is 6.07 Å². The molecule has 2 rings (SSSR count). The Morgan fingerprint density at radius 3 is 2.62 bits per heavy atom. The molecular weight excluding hydrogens is 285 g/mol. The zero-order valence-electron chi connectivity index (χ0n) is 11.2. The Morgan fingerprint density at radius 1 is 1.24 bits per heavy atom. The van der Waals surface area contributed by atoms with Crippen LogP contribution >= 0.6 is 0 Å². The van der Waals surface area contributed by atoms with Crippen molar-refractivity contribution in [3.05, 3.63) is 23.8 Å². The SMILES string of the molecule is N#CC(CNCCc1ccc2c(c1)OCCO2)C(F)(F)F. The van der Waals surface area contributed by atoms with Gasteiger partial charge >= 0.3 is 6.18 Å². The van der Waals surface area contributed by atoms with Crippen molar-refractivity contribution in [1.82, 2.24) is 5.32 Å². The quantitative estimate of drug-likeness (QED) is 0.848. The highest BCUT2D eigenvalue weighted by atomic mass is 19.4. The smallest absolute Gasteiger partial charge is 0.405 e. The van der Waals surface area contributed by atoms with Crippen LogP contribution < -0.4 is 14.8 Å². The molecule has 21 heavy (non-hydrogen) atoms. The van der Waals surface area contributed by atoms with Crippen LogP contribution in [0.1, 0.15) is 5.56 Å². The zero-order valence-corrected chi connectivity index (χ0v) is 11.2. The number of benzene rings is 1. The van der Waals surface area contributed by atoms with Gasteiger partial charge in [-0.1, -0.05) is 6.07 Å². The molecule has 0 saturated carbocycles. The Morgan fingerprint density at radius 2 is 1.95 bits per heavy atom. The van der Waals surface area contributed by atoms with E-state index in [1.807, 2.05) is 12.1 Å². The van der Waals surface area contributed by atoms with Gasteiger partial charge in [-0.05, 0) is 30.7 Å². The molecule has 1 aromatic carbocycles. The molecule has 0 radical (unpaired) electrons.